The van der Waals surface area contributed by atoms with E-state index in [1.54, 1.807) is 0 Å². The quantitative estimate of drug-likeness (QED) is 0.834. The Morgan fingerprint density at radius 1 is 1.30 bits per heavy atom. The number of carboxylic acid groups (broad SMARTS) is 1. The summed E-state index contributed by atoms with van der Waals surface area (Å²) in [5.74, 6) is -0.723. The Morgan fingerprint density at radius 3 is 2.30 bits per heavy atom. The fourth-order valence-corrected chi connectivity index (χ4v) is 1.89. The van der Waals surface area contributed by atoms with Gasteiger partial charge in [-0.2, -0.15) is 0 Å². The predicted molar refractivity (Wildman–Crippen MR) is 73.5 cm³/mol. The highest BCUT2D eigenvalue weighted by Crippen LogP contribution is 2.37. The normalized spacial score (nSPS) is 19.9. The van der Waals surface area contributed by atoms with Crippen molar-refractivity contribution in [3.63, 3.8) is 0 Å². The molecule has 1 aliphatic heterocycles. The van der Waals surface area contributed by atoms with Gasteiger partial charge in [0.1, 0.15) is 5.75 Å². The highest BCUT2D eigenvalue weighted by atomic mass is 16.7. The Bertz CT molecular complexity index is 528. The summed E-state index contributed by atoms with van der Waals surface area (Å²) in [5, 5.41) is 8.95. The van der Waals surface area contributed by atoms with E-state index < -0.39 is 24.3 Å². The lowest BCUT2D eigenvalue weighted by atomic mass is 9.79. The lowest BCUT2D eigenvalue weighted by molar-refractivity contribution is 0.00578. The monoisotopic (exact) mass is 279 g/mol. The molecule has 1 aromatic heterocycles. The molecule has 6 nitrogen and oxygen atoms in total. The van der Waals surface area contributed by atoms with Gasteiger partial charge in [0, 0.05) is 17.7 Å². The van der Waals surface area contributed by atoms with Gasteiger partial charge < -0.3 is 19.2 Å². The van der Waals surface area contributed by atoms with Crippen molar-refractivity contribution in [2.24, 2.45) is 0 Å². The number of hydrogen-bond donors (Lipinski definition) is 1. The summed E-state index contributed by atoms with van der Waals surface area (Å²) in [5.41, 5.74) is -0.458. The van der Waals surface area contributed by atoms with E-state index in [9.17, 15) is 4.79 Å². The second-order valence-corrected chi connectivity index (χ2v) is 5.70. The Morgan fingerprint density at radius 2 is 1.85 bits per heavy atom. The van der Waals surface area contributed by atoms with Crippen LogP contribution in [0.5, 0.6) is 5.75 Å². The maximum atomic E-state index is 10.9. The summed E-state index contributed by atoms with van der Waals surface area (Å²) in [6.45, 7) is 7.77. The molecule has 0 radical (unpaired) electrons. The highest BCUT2D eigenvalue weighted by Gasteiger charge is 2.52. The molecule has 108 valence electrons. The van der Waals surface area contributed by atoms with Crippen LogP contribution in [0.1, 0.15) is 38.2 Å². The fourth-order valence-electron chi connectivity index (χ4n) is 1.89. The van der Waals surface area contributed by atoms with Crippen molar-refractivity contribution in [1.29, 1.82) is 0 Å². The number of aromatic nitrogens is 1. The van der Waals surface area contributed by atoms with Gasteiger partial charge >= 0.3 is 13.1 Å². The van der Waals surface area contributed by atoms with E-state index >= 15 is 0 Å². The molecule has 0 amide bonds. The molecule has 1 aliphatic rings. The van der Waals surface area contributed by atoms with Crippen LogP contribution in [0.3, 0.4) is 0 Å². The number of carboxylic acids is 1. The second-order valence-electron chi connectivity index (χ2n) is 5.70. The number of rotatable bonds is 3. The molecule has 0 bridgehead atoms. The van der Waals surface area contributed by atoms with Gasteiger partial charge in [0.05, 0.1) is 18.3 Å². The minimum absolute atomic E-state index is 0.0814. The Hall–Kier alpha value is -1.60. The van der Waals surface area contributed by atoms with E-state index in [1.807, 2.05) is 27.7 Å². The zero-order valence-electron chi connectivity index (χ0n) is 12.3. The van der Waals surface area contributed by atoms with E-state index in [1.165, 1.54) is 19.4 Å². The zero-order valence-corrected chi connectivity index (χ0v) is 12.3. The van der Waals surface area contributed by atoms with Crippen LogP contribution < -0.4 is 10.2 Å². The van der Waals surface area contributed by atoms with E-state index in [0.717, 1.165) is 0 Å². The molecule has 7 heteroatoms. The summed E-state index contributed by atoms with van der Waals surface area (Å²) in [7, 11) is 0.834. The van der Waals surface area contributed by atoms with Crippen LogP contribution in [0.4, 0.5) is 0 Å². The van der Waals surface area contributed by atoms with Crippen molar-refractivity contribution in [3.05, 3.63) is 18.0 Å². The van der Waals surface area contributed by atoms with Crippen LogP contribution in [-0.4, -0.2) is 41.5 Å². The van der Waals surface area contributed by atoms with Crippen molar-refractivity contribution in [2.45, 2.75) is 38.9 Å². The Balaban J connectivity index is 2.37. The SMILES string of the molecule is COc1cc(C(=O)O)ncc1B1OC(C)(C)C(C)(C)O1. The molecule has 1 saturated heterocycles. The van der Waals surface area contributed by atoms with Gasteiger partial charge in [0.15, 0.2) is 5.69 Å². The number of methoxy groups -OCH3 is 1. The van der Waals surface area contributed by atoms with Crippen molar-refractivity contribution >= 4 is 18.6 Å². The smallest absolute Gasteiger partial charge is 0.497 e. The molecule has 20 heavy (non-hydrogen) atoms. The van der Waals surface area contributed by atoms with Crippen LogP contribution in [0.15, 0.2) is 12.3 Å². The first-order chi connectivity index (χ1) is 9.18. The summed E-state index contributed by atoms with van der Waals surface area (Å²) in [6, 6.07) is 1.36. The topological polar surface area (TPSA) is 77.9 Å². The Kier molecular flexibility index (Phi) is 3.52. The number of hydrogen-bond acceptors (Lipinski definition) is 5. The molecule has 2 rings (SSSR count). The first-order valence-electron chi connectivity index (χ1n) is 6.31. The Labute approximate surface area is 118 Å². The molecule has 0 spiro atoms. The standard InChI is InChI=1S/C13H18BNO5/c1-12(2)13(3,4)20-14(19-12)8-7-15-9(11(16)17)6-10(8)18-5/h6-7H,1-5H3,(H,16,17). The molecule has 0 aliphatic carbocycles. The summed E-state index contributed by atoms with van der Waals surface area (Å²) in [6.07, 6.45) is 1.42. The van der Waals surface area contributed by atoms with Gasteiger partial charge in [-0.1, -0.05) is 0 Å². The fraction of sp³-hybridized carbons (Fsp3) is 0.538. The average molecular weight is 279 g/mol. The summed E-state index contributed by atoms with van der Waals surface area (Å²) in [4.78, 5) is 14.8. The van der Waals surface area contributed by atoms with Gasteiger partial charge in [-0.25, -0.2) is 9.78 Å². The van der Waals surface area contributed by atoms with E-state index in [-0.39, 0.29) is 5.69 Å². The van der Waals surface area contributed by atoms with Crippen molar-refractivity contribution in [3.8, 4) is 5.75 Å². The third kappa shape index (κ3) is 2.38. The first-order valence-corrected chi connectivity index (χ1v) is 6.31. The maximum Gasteiger partial charge on any atom is 0.500 e. The lowest BCUT2D eigenvalue weighted by Gasteiger charge is -2.32. The van der Waals surface area contributed by atoms with Crippen LogP contribution in [0.2, 0.25) is 0 Å². The molecule has 0 aromatic carbocycles. The average Bonchev–Trinajstić information content (AvgIpc) is 2.57. The third-order valence-electron chi connectivity index (χ3n) is 3.84. The minimum Gasteiger partial charge on any atom is -0.497 e. The number of ether oxygens (including phenoxy) is 1. The van der Waals surface area contributed by atoms with Gasteiger partial charge in [-0.3, -0.25) is 0 Å². The van der Waals surface area contributed by atoms with Crippen LogP contribution in [0, 0.1) is 0 Å². The molecule has 0 unspecified atom stereocenters. The maximum absolute atomic E-state index is 10.9. The zero-order chi connectivity index (χ0) is 15.1. The van der Waals surface area contributed by atoms with Gasteiger partial charge in [0.2, 0.25) is 0 Å². The largest absolute Gasteiger partial charge is 0.500 e. The minimum atomic E-state index is -1.11. The molecular formula is C13H18BNO5. The molecule has 1 N–H and O–H groups in total. The van der Waals surface area contributed by atoms with Gasteiger partial charge in [-0.15, -0.1) is 0 Å². The molecule has 1 aromatic rings. The van der Waals surface area contributed by atoms with Crippen molar-refractivity contribution in [1.82, 2.24) is 4.98 Å². The third-order valence-corrected chi connectivity index (χ3v) is 3.84. The number of aromatic carboxylic acids is 1. The van der Waals surface area contributed by atoms with E-state index in [2.05, 4.69) is 4.98 Å². The number of nitrogens with zero attached hydrogens (tertiary/aromatic N) is 1. The molecule has 1 fully saturated rings. The lowest BCUT2D eigenvalue weighted by Crippen LogP contribution is -2.41. The highest BCUT2D eigenvalue weighted by molar-refractivity contribution is 6.63. The van der Waals surface area contributed by atoms with Crippen LogP contribution >= 0.6 is 0 Å². The van der Waals surface area contributed by atoms with Crippen molar-refractivity contribution in [2.75, 3.05) is 7.11 Å². The molecule has 0 saturated carbocycles. The van der Waals surface area contributed by atoms with E-state index in [4.69, 9.17) is 19.2 Å². The summed E-state index contributed by atoms with van der Waals surface area (Å²) < 4.78 is 17.0. The number of pyridine rings is 1. The molecular weight excluding hydrogens is 261 g/mol. The molecule has 2 heterocycles. The van der Waals surface area contributed by atoms with Crippen molar-refractivity contribution < 1.29 is 23.9 Å². The van der Waals surface area contributed by atoms with E-state index in [0.29, 0.717) is 11.2 Å². The van der Waals surface area contributed by atoms with Crippen LogP contribution in [0.25, 0.3) is 0 Å². The van der Waals surface area contributed by atoms with Gasteiger partial charge in [0.25, 0.3) is 0 Å². The first kappa shape index (κ1) is 14.8. The van der Waals surface area contributed by atoms with Gasteiger partial charge in [-0.05, 0) is 27.7 Å². The summed E-state index contributed by atoms with van der Waals surface area (Å²) >= 11 is 0. The predicted octanol–water partition coefficient (Wildman–Crippen LogP) is 1.09. The second kappa shape index (κ2) is 4.75. The molecule has 0 atom stereocenters. The number of carbonyl (C=O) groups is 1. The van der Waals surface area contributed by atoms with Crippen LogP contribution in [-0.2, 0) is 9.31 Å².